The smallest absolute Gasteiger partial charge is 0.135 e. The van der Waals surface area contributed by atoms with Gasteiger partial charge in [0.15, 0.2) is 0 Å². The molecule has 0 spiro atoms. The van der Waals surface area contributed by atoms with Crippen LogP contribution in [-0.4, -0.2) is 55.1 Å². The maximum Gasteiger partial charge on any atom is 0.135 e. The molecule has 1 aliphatic heterocycles. The molecule has 112 valence electrons. The average Bonchev–Trinajstić information content (AvgIpc) is 2.46. The largest absolute Gasteiger partial charge is 0.373 e. The van der Waals surface area contributed by atoms with Crippen LogP contribution >= 0.6 is 0 Å². The molecule has 0 unspecified atom stereocenters. The van der Waals surface area contributed by atoms with Gasteiger partial charge < -0.3 is 15.1 Å². The fourth-order valence-electron chi connectivity index (χ4n) is 2.61. The number of hydrogen-bond donors (Lipinski definition) is 1. The van der Waals surface area contributed by atoms with Crippen LogP contribution in [0.5, 0.6) is 0 Å². The lowest BCUT2D eigenvalue weighted by molar-refractivity contribution is 0.249. The van der Waals surface area contributed by atoms with Crippen molar-refractivity contribution < 1.29 is 0 Å². The van der Waals surface area contributed by atoms with Gasteiger partial charge in [-0.1, -0.05) is 13.8 Å². The molecule has 0 aliphatic carbocycles. The van der Waals surface area contributed by atoms with Gasteiger partial charge in [-0.3, -0.25) is 0 Å². The molecule has 0 amide bonds. The van der Waals surface area contributed by atoms with Crippen molar-refractivity contribution in [1.82, 2.24) is 14.9 Å². The molecule has 2 rings (SSSR count). The minimum Gasteiger partial charge on any atom is -0.373 e. The molecule has 0 saturated carbocycles. The summed E-state index contributed by atoms with van der Waals surface area (Å²) in [5.41, 5.74) is 0. The summed E-state index contributed by atoms with van der Waals surface area (Å²) in [4.78, 5) is 14.0. The van der Waals surface area contributed by atoms with Crippen LogP contribution in [0.15, 0.2) is 6.07 Å². The van der Waals surface area contributed by atoms with E-state index in [9.17, 15) is 0 Å². The number of rotatable bonds is 4. The zero-order chi connectivity index (χ0) is 14.7. The molecule has 0 bridgehead atoms. The van der Waals surface area contributed by atoms with E-state index in [-0.39, 0.29) is 0 Å². The van der Waals surface area contributed by atoms with Crippen LogP contribution < -0.4 is 10.2 Å². The highest BCUT2D eigenvalue weighted by atomic mass is 15.2. The van der Waals surface area contributed by atoms with Crippen molar-refractivity contribution in [3.05, 3.63) is 11.9 Å². The maximum absolute atomic E-state index is 4.74. The van der Waals surface area contributed by atoms with Crippen molar-refractivity contribution in [2.45, 2.75) is 38.6 Å². The molecule has 1 aliphatic rings. The number of hydrogen-bond acceptors (Lipinski definition) is 5. The molecular weight excluding hydrogens is 250 g/mol. The Balaban J connectivity index is 2.15. The molecule has 20 heavy (non-hydrogen) atoms. The van der Waals surface area contributed by atoms with E-state index in [1.165, 1.54) is 12.8 Å². The SMILES string of the molecule is CNc1cc(N2CCC(N(C)C)CC2)nc(C(C)C)n1. The Morgan fingerprint density at radius 3 is 2.40 bits per heavy atom. The lowest BCUT2D eigenvalue weighted by Gasteiger charge is -2.36. The van der Waals surface area contributed by atoms with E-state index < -0.39 is 0 Å². The van der Waals surface area contributed by atoms with Gasteiger partial charge in [0, 0.05) is 38.2 Å². The Bertz CT molecular complexity index is 436. The Labute approximate surface area is 122 Å². The molecule has 0 radical (unpaired) electrons. The fraction of sp³-hybridized carbons (Fsp3) is 0.733. The predicted molar refractivity (Wildman–Crippen MR) is 84.6 cm³/mol. The fourth-order valence-corrected chi connectivity index (χ4v) is 2.61. The highest BCUT2D eigenvalue weighted by Crippen LogP contribution is 2.23. The molecule has 1 N–H and O–H groups in total. The third-order valence-electron chi connectivity index (χ3n) is 4.02. The number of piperidine rings is 1. The van der Waals surface area contributed by atoms with Gasteiger partial charge in [-0.2, -0.15) is 0 Å². The second-order valence-electron chi connectivity index (χ2n) is 6.06. The van der Waals surface area contributed by atoms with Gasteiger partial charge in [-0.05, 0) is 26.9 Å². The minimum absolute atomic E-state index is 0.348. The summed E-state index contributed by atoms with van der Waals surface area (Å²) in [6, 6.07) is 2.75. The molecular formula is C15H27N5. The summed E-state index contributed by atoms with van der Waals surface area (Å²) in [6.07, 6.45) is 2.39. The second-order valence-corrected chi connectivity index (χ2v) is 6.06. The van der Waals surface area contributed by atoms with E-state index >= 15 is 0 Å². The van der Waals surface area contributed by atoms with Gasteiger partial charge in [0.25, 0.3) is 0 Å². The molecule has 1 fully saturated rings. The molecule has 5 heteroatoms. The van der Waals surface area contributed by atoms with Crippen LogP contribution in [0.2, 0.25) is 0 Å². The van der Waals surface area contributed by atoms with E-state index in [4.69, 9.17) is 4.98 Å². The Morgan fingerprint density at radius 1 is 1.25 bits per heavy atom. The summed E-state index contributed by atoms with van der Waals surface area (Å²) < 4.78 is 0. The van der Waals surface area contributed by atoms with Gasteiger partial charge in [0.1, 0.15) is 17.5 Å². The monoisotopic (exact) mass is 277 g/mol. The van der Waals surface area contributed by atoms with Gasteiger partial charge >= 0.3 is 0 Å². The van der Waals surface area contributed by atoms with Crippen LogP contribution in [0.25, 0.3) is 0 Å². The lowest BCUT2D eigenvalue weighted by Crippen LogP contribution is -2.42. The average molecular weight is 277 g/mol. The Hall–Kier alpha value is -1.36. The minimum atomic E-state index is 0.348. The van der Waals surface area contributed by atoms with Crippen LogP contribution in [-0.2, 0) is 0 Å². The number of anilines is 2. The summed E-state index contributed by atoms with van der Waals surface area (Å²) in [5, 5.41) is 3.14. The van der Waals surface area contributed by atoms with Gasteiger partial charge in [-0.15, -0.1) is 0 Å². The summed E-state index contributed by atoms with van der Waals surface area (Å²) in [5.74, 6) is 3.24. The zero-order valence-electron chi connectivity index (χ0n) is 13.3. The van der Waals surface area contributed by atoms with Crippen LogP contribution in [0, 0.1) is 0 Å². The van der Waals surface area contributed by atoms with Crippen LogP contribution in [0.3, 0.4) is 0 Å². The van der Waals surface area contributed by atoms with E-state index in [1.807, 2.05) is 7.05 Å². The van der Waals surface area contributed by atoms with Crippen molar-refractivity contribution in [2.75, 3.05) is 44.4 Å². The normalized spacial score (nSPS) is 17.1. The highest BCUT2D eigenvalue weighted by Gasteiger charge is 2.22. The summed E-state index contributed by atoms with van der Waals surface area (Å²) in [6.45, 7) is 6.41. The predicted octanol–water partition coefficient (Wildman–Crippen LogP) is 2.17. The number of aromatic nitrogens is 2. The standard InChI is InChI=1S/C15H27N5/c1-11(2)15-17-13(16-3)10-14(18-15)20-8-6-12(7-9-20)19(4)5/h10-12H,6-9H2,1-5H3,(H,16,17,18). The van der Waals surface area contributed by atoms with Crippen molar-refractivity contribution in [1.29, 1.82) is 0 Å². The second kappa shape index (κ2) is 6.39. The maximum atomic E-state index is 4.74. The molecule has 1 aromatic rings. The van der Waals surface area contributed by atoms with Crippen molar-refractivity contribution >= 4 is 11.6 Å². The first-order valence-electron chi connectivity index (χ1n) is 7.49. The Kier molecular flexibility index (Phi) is 4.81. The number of nitrogens with zero attached hydrogens (tertiary/aromatic N) is 4. The zero-order valence-corrected chi connectivity index (χ0v) is 13.3. The Morgan fingerprint density at radius 2 is 1.90 bits per heavy atom. The third-order valence-corrected chi connectivity index (χ3v) is 4.02. The lowest BCUT2D eigenvalue weighted by atomic mass is 10.0. The van der Waals surface area contributed by atoms with Crippen molar-refractivity contribution in [3.63, 3.8) is 0 Å². The van der Waals surface area contributed by atoms with Gasteiger partial charge in [0.05, 0.1) is 0 Å². The molecule has 0 atom stereocenters. The number of nitrogens with one attached hydrogen (secondary N) is 1. The van der Waals surface area contributed by atoms with Crippen molar-refractivity contribution in [3.8, 4) is 0 Å². The van der Waals surface area contributed by atoms with Gasteiger partial charge in [0.2, 0.25) is 0 Å². The third kappa shape index (κ3) is 3.39. The van der Waals surface area contributed by atoms with E-state index in [0.717, 1.165) is 30.5 Å². The first-order valence-corrected chi connectivity index (χ1v) is 7.49. The topological polar surface area (TPSA) is 44.3 Å². The van der Waals surface area contributed by atoms with E-state index in [2.05, 4.69) is 54.1 Å². The summed E-state index contributed by atoms with van der Waals surface area (Å²) >= 11 is 0. The van der Waals surface area contributed by atoms with Crippen molar-refractivity contribution in [2.24, 2.45) is 0 Å². The molecule has 0 aromatic carbocycles. The molecule has 5 nitrogen and oxygen atoms in total. The first kappa shape index (κ1) is 15.0. The van der Waals surface area contributed by atoms with E-state index in [0.29, 0.717) is 12.0 Å². The van der Waals surface area contributed by atoms with E-state index in [1.54, 1.807) is 0 Å². The molecule has 1 aromatic heterocycles. The molecule has 1 saturated heterocycles. The highest BCUT2D eigenvalue weighted by molar-refractivity contribution is 5.49. The van der Waals surface area contributed by atoms with Crippen LogP contribution in [0.4, 0.5) is 11.6 Å². The van der Waals surface area contributed by atoms with Gasteiger partial charge in [-0.25, -0.2) is 9.97 Å². The van der Waals surface area contributed by atoms with Crippen LogP contribution in [0.1, 0.15) is 38.4 Å². The first-order chi connectivity index (χ1) is 9.51. The summed E-state index contributed by atoms with van der Waals surface area (Å²) in [7, 11) is 6.25. The molecule has 2 heterocycles. The quantitative estimate of drug-likeness (QED) is 0.914.